The van der Waals surface area contributed by atoms with Crippen LogP contribution in [0, 0.1) is 5.92 Å². The van der Waals surface area contributed by atoms with Gasteiger partial charge in [0.1, 0.15) is 11.4 Å². The van der Waals surface area contributed by atoms with Crippen molar-refractivity contribution in [3.63, 3.8) is 0 Å². The third-order valence-electron chi connectivity index (χ3n) is 6.05. The van der Waals surface area contributed by atoms with Gasteiger partial charge in [0, 0.05) is 30.0 Å². The summed E-state index contributed by atoms with van der Waals surface area (Å²) < 4.78 is 9.06. The SMILES string of the molecule is COc1cc2nn([C@H]3CC[C@@H](O)C[C@@H]3C)cc2cc1C(=O)Nc1cnn2cccnc12. The second-order valence-corrected chi connectivity index (χ2v) is 8.13. The minimum atomic E-state index is -0.304. The summed E-state index contributed by atoms with van der Waals surface area (Å²) in [4.78, 5) is 17.3. The molecule has 160 valence electrons. The molecule has 3 aromatic heterocycles. The lowest BCUT2D eigenvalue weighted by molar-refractivity contribution is 0.0750. The highest BCUT2D eigenvalue weighted by Crippen LogP contribution is 2.35. The molecule has 2 N–H and O–H groups in total. The van der Waals surface area contributed by atoms with E-state index in [4.69, 9.17) is 9.84 Å². The predicted molar refractivity (Wildman–Crippen MR) is 115 cm³/mol. The first kappa shape index (κ1) is 19.5. The molecule has 9 heteroatoms. The number of nitrogens with zero attached hydrogens (tertiary/aromatic N) is 5. The van der Waals surface area contributed by atoms with Gasteiger partial charge in [0.25, 0.3) is 5.91 Å². The molecule has 9 nitrogen and oxygen atoms in total. The van der Waals surface area contributed by atoms with E-state index in [9.17, 15) is 9.90 Å². The van der Waals surface area contributed by atoms with E-state index in [2.05, 4.69) is 22.3 Å². The number of nitrogens with one attached hydrogen (secondary N) is 1. The van der Waals surface area contributed by atoms with Crippen LogP contribution in [0.2, 0.25) is 0 Å². The summed E-state index contributed by atoms with van der Waals surface area (Å²) in [7, 11) is 1.54. The summed E-state index contributed by atoms with van der Waals surface area (Å²) in [6.45, 7) is 2.14. The molecule has 1 fully saturated rings. The molecule has 1 saturated carbocycles. The first-order chi connectivity index (χ1) is 15.0. The maximum Gasteiger partial charge on any atom is 0.259 e. The Bertz CT molecular complexity index is 1260. The molecule has 0 spiro atoms. The van der Waals surface area contributed by atoms with Gasteiger partial charge in [0.05, 0.1) is 36.5 Å². The zero-order valence-corrected chi connectivity index (χ0v) is 17.4. The first-order valence-electron chi connectivity index (χ1n) is 10.4. The number of carbonyl (C=O) groups excluding carboxylic acids is 1. The van der Waals surface area contributed by atoms with Gasteiger partial charge in [0.2, 0.25) is 0 Å². The first-order valence-corrected chi connectivity index (χ1v) is 10.4. The van der Waals surface area contributed by atoms with E-state index in [-0.39, 0.29) is 18.1 Å². The van der Waals surface area contributed by atoms with Crippen molar-refractivity contribution < 1.29 is 14.6 Å². The molecule has 31 heavy (non-hydrogen) atoms. The molecule has 0 saturated heterocycles. The van der Waals surface area contributed by atoms with Crippen molar-refractivity contribution in [2.45, 2.75) is 38.3 Å². The molecule has 0 unspecified atom stereocenters. The number of hydrogen-bond donors (Lipinski definition) is 2. The highest BCUT2D eigenvalue weighted by Gasteiger charge is 2.28. The Morgan fingerprint density at radius 1 is 1.32 bits per heavy atom. The fraction of sp³-hybridized carbons (Fsp3) is 0.364. The molecule has 1 aromatic carbocycles. The zero-order valence-electron chi connectivity index (χ0n) is 17.4. The second-order valence-electron chi connectivity index (χ2n) is 8.13. The van der Waals surface area contributed by atoms with Crippen LogP contribution in [-0.2, 0) is 0 Å². The van der Waals surface area contributed by atoms with Crippen molar-refractivity contribution in [1.82, 2.24) is 24.4 Å². The number of anilines is 1. The van der Waals surface area contributed by atoms with E-state index in [1.165, 1.54) is 7.11 Å². The number of rotatable bonds is 4. The van der Waals surface area contributed by atoms with Crippen LogP contribution in [0.25, 0.3) is 16.6 Å². The predicted octanol–water partition coefficient (Wildman–Crippen LogP) is 3.06. The van der Waals surface area contributed by atoms with Gasteiger partial charge in [-0.25, -0.2) is 9.50 Å². The molecule has 1 aliphatic rings. The standard InChI is InChI=1S/C22H24N6O3/c1-13-8-15(29)4-5-19(13)28-12-14-9-16(20(31-2)10-17(14)26-28)22(30)25-18-11-24-27-7-3-6-23-21(18)27/h3,6-7,9-13,15,19,29H,4-5,8H2,1-2H3,(H,25,30)/t13-,15+,19-/m0/s1. The molecule has 1 aliphatic carbocycles. The van der Waals surface area contributed by atoms with Gasteiger partial charge < -0.3 is 15.2 Å². The van der Waals surface area contributed by atoms with Gasteiger partial charge in [-0.15, -0.1) is 0 Å². The molecule has 3 heterocycles. The average Bonchev–Trinajstić information content (AvgIpc) is 3.36. The summed E-state index contributed by atoms with van der Waals surface area (Å²) in [5.41, 5.74) is 2.27. The van der Waals surface area contributed by atoms with Crippen LogP contribution in [0.5, 0.6) is 5.75 Å². The number of ether oxygens (including phenoxy) is 1. The van der Waals surface area contributed by atoms with Crippen molar-refractivity contribution in [2.24, 2.45) is 5.92 Å². The van der Waals surface area contributed by atoms with Crippen molar-refractivity contribution >= 4 is 28.1 Å². The Balaban J connectivity index is 1.47. The van der Waals surface area contributed by atoms with Crippen molar-refractivity contribution in [3.8, 4) is 5.75 Å². The van der Waals surface area contributed by atoms with Gasteiger partial charge >= 0.3 is 0 Å². The molecular weight excluding hydrogens is 396 g/mol. The van der Waals surface area contributed by atoms with E-state index < -0.39 is 0 Å². The number of carbonyl (C=O) groups is 1. The van der Waals surface area contributed by atoms with E-state index >= 15 is 0 Å². The van der Waals surface area contributed by atoms with E-state index in [0.29, 0.717) is 28.6 Å². The summed E-state index contributed by atoms with van der Waals surface area (Å²) in [5, 5.41) is 22.6. The molecule has 5 rings (SSSR count). The fourth-order valence-electron chi connectivity index (χ4n) is 4.44. The van der Waals surface area contributed by atoms with Crippen molar-refractivity contribution in [3.05, 3.63) is 48.5 Å². The minimum Gasteiger partial charge on any atom is -0.496 e. The van der Waals surface area contributed by atoms with E-state index in [1.807, 2.05) is 10.9 Å². The molecule has 3 atom stereocenters. The Morgan fingerprint density at radius 2 is 2.19 bits per heavy atom. The van der Waals surface area contributed by atoms with Gasteiger partial charge in [-0.1, -0.05) is 6.92 Å². The maximum atomic E-state index is 13.1. The van der Waals surface area contributed by atoms with Crippen LogP contribution in [0.15, 0.2) is 43.0 Å². The number of aromatic nitrogens is 5. The average molecular weight is 420 g/mol. The van der Waals surface area contributed by atoms with Gasteiger partial charge in [-0.2, -0.15) is 10.2 Å². The van der Waals surface area contributed by atoms with Crippen LogP contribution in [-0.4, -0.2) is 48.6 Å². The van der Waals surface area contributed by atoms with Crippen LogP contribution in [0.3, 0.4) is 0 Å². The molecule has 4 aromatic rings. The smallest absolute Gasteiger partial charge is 0.259 e. The van der Waals surface area contributed by atoms with Gasteiger partial charge in [0.15, 0.2) is 5.65 Å². The number of amides is 1. The van der Waals surface area contributed by atoms with Crippen LogP contribution in [0.1, 0.15) is 42.6 Å². The number of aliphatic hydroxyl groups excluding tert-OH is 1. The topological polar surface area (TPSA) is 107 Å². The fourth-order valence-corrected chi connectivity index (χ4v) is 4.44. The Morgan fingerprint density at radius 3 is 3.00 bits per heavy atom. The highest BCUT2D eigenvalue weighted by atomic mass is 16.5. The third kappa shape index (κ3) is 3.50. The number of methoxy groups -OCH3 is 1. The molecular formula is C22H24N6O3. The zero-order chi connectivity index (χ0) is 21.5. The summed E-state index contributed by atoms with van der Waals surface area (Å²) >= 11 is 0. The lowest BCUT2D eigenvalue weighted by Crippen LogP contribution is -2.28. The molecule has 0 aliphatic heterocycles. The lowest BCUT2D eigenvalue weighted by Gasteiger charge is -2.31. The van der Waals surface area contributed by atoms with Crippen LogP contribution in [0.4, 0.5) is 5.69 Å². The second kappa shape index (κ2) is 7.66. The van der Waals surface area contributed by atoms with E-state index in [0.717, 1.165) is 30.2 Å². The monoisotopic (exact) mass is 420 g/mol. The van der Waals surface area contributed by atoms with Gasteiger partial charge in [-0.3, -0.25) is 9.48 Å². The summed E-state index contributed by atoms with van der Waals surface area (Å²) in [6.07, 6.45) is 9.15. The van der Waals surface area contributed by atoms with Crippen molar-refractivity contribution in [1.29, 1.82) is 0 Å². The Kier molecular flexibility index (Phi) is 4.82. The van der Waals surface area contributed by atoms with Crippen LogP contribution < -0.4 is 10.1 Å². The number of fused-ring (bicyclic) bond motifs is 2. The summed E-state index contributed by atoms with van der Waals surface area (Å²) in [5.74, 6) is 0.471. The molecule has 0 radical (unpaired) electrons. The molecule has 1 amide bonds. The van der Waals surface area contributed by atoms with Crippen LogP contribution >= 0.6 is 0 Å². The normalized spacial score (nSPS) is 21.5. The third-order valence-corrected chi connectivity index (χ3v) is 6.05. The lowest BCUT2D eigenvalue weighted by atomic mass is 9.84. The minimum absolute atomic E-state index is 0.226. The number of benzene rings is 1. The molecule has 0 bridgehead atoms. The Hall–Kier alpha value is -3.46. The number of hydrogen-bond acceptors (Lipinski definition) is 6. The van der Waals surface area contributed by atoms with Crippen molar-refractivity contribution in [2.75, 3.05) is 12.4 Å². The maximum absolute atomic E-state index is 13.1. The van der Waals surface area contributed by atoms with Gasteiger partial charge in [-0.05, 0) is 37.3 Å². The quantitative estimate of drug-likeness (QED) is 0.526. The highest BCUT2D eigenvalue weighted by molar-refractivity contribution is 6.09. The summed E-state index contributed by atoms with van der Waals surface area (Å²) in [6, 6.07) is 5.59. The largest absolute Gasteiger partial charge is 0.496 e. The van der Waals surface area contributed by atoms with E-state index in [1.54, 1.807) is 41.3 Å². The number of aliphatic hydroxyl groups is 1. The Labute approximate surface area is 178 Å².